The van der Waals surface area contributed by atoms with E-state index in [2.05, 4.69) is 5.32 Å². The zero-order chi connectivity index (χ0) is 18.3. The quantitative estimate of drug-likeness (QED) is 0.665. The molecule has 0 bridgehead atoms. The number of aliphatic hydroxyl groups excluding tert-OH is 1. The number of sulfonamides is 1. The fourth-order valence-electron chi connectivity index (χ4n) is 2.83. The van der Waals surface area contributed by atoms with Gasteiger partial charge in [-0.05, 0) is 50.5 Å². The first-order chi connectivity index (χ1) is 12.0. The van der Waals surface area contributed by atoms with E-state index in [-0.39, 0.29) is 29.9 Å². The summed E-state index contributed by atoms with van der Waals surface area (Å²) in [5.41, 5.74) is 0. The van der Waals surface area contributed by atoms with Crippen LogP contribution in [0.1, 0.15) is 26.2 Å². The Morgan fingerprint density at radius 2 is 2.08 bits per heavy atom. The maximum atomic E-state index is 12.8. The van der Waals surface area contributed by atoms with Gasteiger partial charge >= 0.3 is 0 Å². The van der Waals surface area contributed by atoms with Gasteiger partial charge in [0.25, 0.3) is 0 Å². The molecule has 0 aromatic heterocycles. The Balaban J connectivity index is 2.04. The molecule has 1 fully saturated rings. The van der Waals surface area contributed by atoms with Gasteiger partial charge < -0.3 is 15.2 Å². The Labute approximate surface area is 149 Å². The summed E-state index contributed by atoms with van der Waals surface area (Å²) in [7, 11) is -3.63. The number of aliphatic hydroxyl groups is 1. The van der Waals surface area contributed by atoms with Crippen LogP contribution in [0, 0.1) is 5.92 Å². The number of nitrogens with zero attached hydrogens (tertiary/aromatic N) is 1. The third-order valence-corrected chi connectivity index (χ3v) is 6.04. The molecule has 2 rings (SSSR count). The summed E-state index contributed by atoms with van der Waals surface area (Å²) in [5, 5.41) is 11.5. The normalized spacial score (nSPS) is 18.7. The predicted octanol–water partition coefficient (Wildman–Crippen LogP) is 0.985. The molecule has 1 aromatic carbocycles. The van der Waals surface area contributed by atoms with Crippen LogP contribution in [0.2, 0.25) is 0 Å². The van der Waals surface area contributed by atoms with Crippen LogP contribution in [-0.4, -0.2) is 56.6 Å². The van der Waals surface area contributed by atoms with Crippen LogP contribution < -0.4 is 10.1 Å². The number of carbonyl (C=O) groups is 1. The number of carbonyl (C=O) groups excluding carboxylic acids is 1. The monoisotopic (exact) mass is 370 g/mol. The summed E-state index contributed by atoms with van der Waals surface area (Å²) >= 11 is 0. The lowest BCUT2D eigenvalue weighted by atomic mass is 9.99. The zero-order valence-electron chi connectivity index (χ0n) is 14.5. The highest BCUT2D eigenvalue weighted by atomic mass is 32.2. The maximum Gasteiger partial charge on any atom is 0.243 e. The molecule has 0 unspecified atom stereocenters. The van der Waals surface area contributed by atoms with Crippen LogP contribution in [0.15, 0.2) is 29.2 Å². The first kappa shape index (κ1) is 19.7. The molecule has 0 saturated carbocycles. The molecule has 1 atom stereocenters. The van der Waals surface area contributed by atoms with Gasteiger partial charge in [0.1, 0.15) is 5.75 Å². The minimum atomic E-state index is -3.63. The van der Waals surface area contributed by atoms with Crippen molar-refractivity contribution in [2.45, 2.75) is 31.1 Å². The molecular weight excluding hydrogens is 344 g/mol. The van der Waals surface area contributed by atoms with E-state index in [1.54, 1.807) is 12.1 Å². The fraction of sp³-hybridized carbons (Fsp3) is 0.588. The van der Waals surface area contributed by atoms with Gasteiger partial charge in [-0.15, -0.1) is 0 Å². The molecule has 1 saturated heterocycles. The molecule has 1 aliphatic rings. The molecule has 1 aliphatic heterocycles. The van der Waals surface area contributed by atoms with Crippen LogP contribution in [0.25, 0.3) is 0 Å². The molecule has 25 heavy (non-hydrogen) atoms. The Bertz CT molecular complexity index is 660. The number of hydrogen-bond acceptors (Lipinski definition) is 5. The number of amides is 1. The Kier molecular flexibility index (Phi) is 7.22. The van der Waals surface area contributed by atoms with E-state index in [1.165, 1.54) is 16.4 Å². The highest BCUT2D eigenvalue weighted by Crippen LogP contribution is 2.25. The molecule has 140 valence electrons. The maximum absolute atomic E-state index is 12.8. The number of piperidine rings is 1. The lowest BCUT2D eigenvalue weighted by Crippen LogP contribution is -2.45. The summed E-state index contributed by atoms with van der Waals surface area (Å²) in [6.45, 7) is 3.40. The van der Waals surface area contributed by atoms with Crippen molar-refractivity contribution >= 4 is 15.9 Å². The molecule has 1 amide bonds. The number of benzene rings is 1. The Hall–Kier alpha value is -1.64. The van der Waals surface area contributed by atoms with Crippen molar-refractivity contribution in [2.24, 2.45) is 5.92 Å². The Morgan fingerprint density at radius 3 is 2.72 bits per heavy atom. The van der Waals surface area contributed by atoms with E-state index in [9.17, 15) is 13.2 Å². The molecule has 8 heteroatoms. The molecule has 0 spiro atoms. The van der Waals surface area contributed by atoms with Gasteiger partial charge in [0.2, 0.25) is 15.9 Å². The second-order valence-corrected chi connectivity index (χ2v) is 7.91. The van der Waals surface area contributed by atoms with E-state index < -0.39 is 10.0 Å². The standard InChI is InChI=1S/C17H26N2O5S/c1-2-24-15-6-8-16(9-7-15)25(22,23)19-11-3-5-14(13-19)17(21)18-10-4-12-20/h6-9,14,20H,2-5,10-13H2,1H3,(H,18,21)/t14-/m0/s1. The van der Waals surface area contributed by atoms with Gasteiger partial charge in [-0.3, -0.25) is 4.79 Å². The van der Waals surface area contributed by atoms with E-state index in [4.69, 9.17) is 9.84 Å². The van der Waals surface area contributed by atoms with Crippen LogP contribution in [0.3, 0.4) is 0 Å². The number of nitrogens with one attached hydrogen (secondary N) is 1. The van der Waals surface area contributed by atoms with Crippen LogP contribution in [0.5, 0.6) is 5.75 Å². The van der Waals surface area contributed by atoms with Crippen molar-refractivity contribution in [1.29, 1.82) is 0 Å². The second-order valence-electron chi connectivity index (χ2n) is 5.97. The predicted molar refractivity (Wildman–Crippen MR) is 93.8 cm³/mol. The van der Waals surface area contributed by atoms with Crippen LogP contribution in [0.4, 0.5) is 0 Å². The van der Waals surface area contributed by atoms with Crippen molar-refractivity contribution in [1.82, 2.24) is 9.62 Å². The lowest BCUT2D eigenvalue weighted by Gasteiger charge is -2.31. The van der Waals surface area contributed by atoms with Crippen molar-refractivity contribution in [3.8, 4) is 5.75 Å². The smallest absolute Gasteiger partial charge is 0.243 e. The molecule has 0 radical (unpaired) electrons. The topological polar surface area (TPSA) is 95.9 Å². The summed E-state index contributed by atoms with van der Waals surface area (Å²) in [4.78, 5) is 12.4. The van der Waals surface area contributed by atoms with Crippen LogP contribution in [-0.2, 0) is 14.8 Å². The average Bonchev–Trinajstić information content (AvgIpc) is 2.63. The minimum absolute atomic E-state index is 0.0171. The third-order valence-electron chi connectivity index (χ3n) is 4.16. The molecule has 7 nitrogen and oxygen atoms in total. The van der Waals surface area contributed by atoms with Crippen molar-refractivity contribution in [2.75, 3.05) is 32.8 Å². The lowest BCUT2D eigenvalue weighted by molar-refractivity contribution is -0.126. The molecule has 1 heterocycles. The largest absolute Gasteiger partial charge is 0.494 e. The zero-order valence-corrected chi connectivity index (χ0v) is 15.3. The van der Waals surface area contributed by atoms with E-state index in [1.807, 2.05) is 6.92 Å². The van der Waals surface area contributed by atoms with Crippen LogP contribution >= 0.6 is 0 Å². The average molecular weight is 370 g/mol. The highest BCUT2D eigenvalue weighted by Gasteiger charge is 2.33. The van der Waals surface area contributed by atoms with E-state index >= 15 is 0 Å². The van der Waals surface area contributed by atoms with E-state index in [0.29, 0.717) is 44.7 Å². The molecule has 0 aliphatic carbocycles. The summed E-state index contributed by atoms with van der Waals surface area (Å²) < 4.78 is 32.3. The number of hydrogen-bond donors (Lipinski definition) is 2. The first-order valence-corrected chi connectivity index (χ1v) is 10.0. The van der Waals surface area contributed by atoms with Crippen molar-refractivity contribution in [3.63, 3.8) is 0 Å². The second kappa shape index (κ2) is 9.17. The fourth-order valence-corrected chi connectivity index (χ4v) is 4.36. The molecule has 1 aromatic rings. The first-order valence-electron chi connectivity index (χ1n) is 8.60. The van der Waals surface area contributed by atoms with E-state index in [0.717, 1.165) is 0 Å². The SMILES string of the molecule is CCOc1ccc(S(=O)(=O)N2CCC[C@H](C(=O)NCCCO)C2)cc1. The van der Waals surface area contributed by atoms with Gasteiger partial charge in [0.15, 0.2) is 0 Å². The summed E-state index contributed by atoms with van der Waals surface area (Å²) in [6, 6.07) is 6.34. The van der Waals surface area contributed by atoms with Gasteiger partial charge in [-0.1, -0.05) is 0 Å². The van der Waals surface area contributed by atoms with Gasteiger partial charge in [0, 0.05) is 26.2 Å². The van der Waals surface area contributed by atoms with Gasteiger partial charge in [0.05, 0.1) is 17.4 Å². The van der Waals surface area contributed by atoms with Gasteiger partial charge in [-0.2, -0.15) is 4.31 Å². The Morgan fingerprint density at radius 1 is 1.36 bits per heavy atom. The van der Waals surface area contributed by atoms with Crippen molar-refractivity contribution in [3.05, 3.63) is 24.3 Å². The summed E-state index contributed by atoms with van der Waals surface area (Å²) in [6.07, 6.45) is 1.81. The number of rotatable bonds is 8. The highest BCUT2D eigenvalue weighted by molar-refractivity contribution is 7.89. The minimum Gasteiger partial charge on any atom is -0.494 e. The third kappa shape index (κ3) is 5.17. The van der Waals surface area contributed by atoms with Crippen molar-refractivity contribution < 1.29 is 23.1 Å². The summed E-state index contributed by atoms with van der Waals surface area (Å²) in [5.74, 6) is 0.117. The molecule has 2 N–H and O–H groups in total. The molecular formula is C17H26N2O5S. The number of ether oxygens (including phenoxy) is 1. The van der Waals surface area contributed by atoms with Gasteiger partial charge in [-0.25, -0.2) is 8.42 Å².